The summed E-state index contributed by atoms with van der Waals surface area (Å²) in [6.07, 6.45) is 3.68. The van der Waals surface area contributed by atoms with E-state index < -0.39 is 0 Å². The summed E-state index contributed by atoms with van der Waals surface area (Å²) in [6, 6.07) is 12.2. The Bertz CT molecular complexity index is 672. The molecule has 0 fully saturated rings. The lowest BCUT2D eigenvalue weighted by Crippen LogP contribution is -2.07. The van der Waals surface area contributed by atoms with Crippen LogP contribution in [0.2, 0.25) is 0 Å². The van der Waals surface area contributed by atoms with Crippen molar-refractivity contribution in [2.45, 2.75) is 6.54 Å². The number of pyridine rings is 1. The van der Waals surface area contributed by atoms with E-state index in [1.807, 2.05) is 42.3 Å². The summed E-state index contributed by atoms with van der Waals surface area (Å²) in [5, 5.41) is 8.66. The highest BCUT2D eigenvalue weighted by Gasteiger charge is 2.05. The molecular formula is C14H14N4. The van der Waals surface area contributed by atoms with Crippen molar-refractivity contribution in [2.75, 3.05) is 7.05 Å². The first-order valence-corrected chi connectivity index (χ1v) is 5.91. The van der Waals surface area contributed by atoms with Crippen LogP contribution in [0.3, 0.4) is 0 Å². The second-order valence-electron chi connectivity index (χ2n) is 4.17. The highest BCUT2D eigenvalue weighted by Crippen LogP contribution is 2.16. The van der Waals surface area contributed by atoms with Gasteiger partial charge in [-0.25, -0.2) is 9.67 Å². The van der Waals surface area contributed by atoms with Crippen molar-refractivity contribution in [3.8, 4) is 5.82 Å². The average molecular weight is 238 g/mol. The number of hydrogen-bond acceptors (Lipinski definition) is 3. The van der Waals surface area contributed by atoms with Gasteiger partial charge in [-0.3, -0.25) is 0 Å². The molecule has 1 aromatic carbocycles. The topological polar surface area (TPSA) is 42.7 Å². The summed E-state index contributed by atoms with van der Waals surface area (Å²) in [5.41, 5.74) is 2.27. The molecule has 2 heterocycles. The number of hydrogen-bond donors (Lipinski definition) is 1. The predicted octanol–water partition coefficient (Wildman–Crippen LogP) is 2.14. The third kappa shape index (κ3) is 1.87. The maximum Gasteiger partial charge on any atom is 0.154 e. The summed E-state index contributed by atoms with van der Waals surface area (Å²) in [6.45, 7) is 0.828. The van der Waals surface area contributed by atoms with Gasteiger partial charge < -0.3 is 5.32 Å². The van der Waals surface area contributed by atoms with E-state index in [1.54, 1.807) is 0 Å². The Kier molecular flexibility index (Phi) is 2.78. The van der Waals surface area contributed by atoms with Crippen LogP contribution in [0.15, 0.2) is 48.8 Å². The average Bonchev–Trinajstić information content (AvgIpc) is 2.83. The maximum atomic E-state index is 4.40. The molecule has 0 radical (unpaired) electrons. The minimum absolute atomic E-state index is 0.828. The van der Waals surface area contributed by atoms with Crippen LogP contribution in [0, 0.1) is 0 Å². The molecule has 3 aromatic rings. The van der Waals surface area contributed by atoms with Crippen molar-refractivity contribution in [1.82, 2.24) is 20.1 Å². The number of para-hydroxylation sites is 1. The number of nitrogens with one attached hydrogen (secondary N) is 1. The Labute approximate surface area is 105 Å². The van der Waals surface area contributed by atoms with E-state index >= 15 is 0 Å². The lowest BCUT2D eigenvalue weighted by molar-refractivity contribution is 0.806. The van der Waals surface area contributed by atoms with E-state index in [2.05, 4.69) is 33.6 Å². The minimum atomic E-state index is 0.828. The smallest absolute Gasteiger partial charge is 0.154 e. The van der Waals surface area contributed by atoms with Gasteiger partial charge >= 0.3 is 0 Å². The first-order chi connectivity index (χ1) is 8.88. The third-order valence-corrected chi connectivity index (χ3v) is 2.89. The molecule has 0 atom stereocenters. The SMILES string of the molecule is CNCc1ccnc(-n2ncc3ccccc32)c1. The molecule has 2 aromatic heterocycles. The van der Waals surface area contributed by atoms with Crippen LogP contribution in [-0.4, -0.2) is 21.8 Å². The lowest BCUT2D eigenvalue weighted by atomic mass is 10.2. The van der Waals surface area contributed by atoms with Crippen LogP contribution in [0.25, 0.3) is 16.7 Å². The van der Waals surface area contributed by atoms with Gasteiger partial charge in [0.25, 0.3) is 0 Å². The lowest BCUT2D eigenvalue weighted by Gasteiger charge is -2.05. The molecule has 4 heteroatoms. The first-order valence-electron chi connectivity index (χ1n) is 5.91. The van der Waals surface area contributed by atoms with Crippen molar-refractivity contribution in [2.24, 2.45) is 0 Å². The number of fused-ring (bicyclic) bond motifs is 1. The second-order valence-corrected chi connectivity index (χ2v) is 4.17. The highest BCUT2D eigenvalue weighted by molar-refractivity contribution is 5.79. The normalized spacial score (nSPS) is 10.9. The van der Waals surface area contributed by atoms with E-state index in [4.69, 9.17) is 0 Å². The zero-order chi connectivity index (χ0) is 12.4. The molecule has 3 rings (SSSR count). The van der Waals surface area contributed by atoms with E-state index in [1.165, 1.54) is 5.56 Å². The van der Waals surface area contributed by atoms with Crippen molar-refractivity contribution in [3.63, 3.8) is 0 Å². The van der Waals surface area contributed by atoms with Crippen LogP contribution < -0.4 is 5.32 Å². The standard InChI is InChI=1S/C14H14N4/c1-15-9-11-6-7-16-14(8-11)18-13-5-3-2-4-12(13)10-17-18/h2-8,10,15H,9H2,1H3. The molecule has 0 saturated heterocycles. The van der Waals surface area contributed by atoms with Crippen molar-refractivity contribution in [3.05, 3.63) is 54.4 Å². The van der Waals surface area contributed by atoms with Gasteiger partial charge in [0.05, 0.1) is 11.7 Å². The maximum absolute atomic E-state index is 4.40. The van der Waals surface area contributed by atoms with E-state index in [9.17, 15) is 0 Å². The van der Waals surface area contributed by atoms with E-state index in [0.29, 0.717) is 0 Å². The van der Waals surface area contributed by atoms with Crippen molar-refractivity contribution < 1.29 is 0 Å². The van der Waals surface area contributed by atoms with Gasteiger partial charge in [0.2, 0.25) is 0 Å². The summed E-state index contributed by atoms with van der Waals surface area (Å²) >= 11 is 0. The Morgan fingerprint density at radius 2 is 2.11 bits per heavy atom. The fraction of sp³-hybridized carbons (Fsp3) is 0.143. The Morgan fingerprint density at radius 3 is 3.00 bits per heavy atom. The van der Waals surface area contributed by atoms with Gasteiger partial charge in [-0.1, -0.05) is 18.2 Å². The largest absolute Gasteiger partial charge is 0.316 e. The number of rotatable bonds is 3. The molecule has 0 aliphatic heterocycles. The molecule has 90 valence electrons. The Morgan fingerprint density at radius 1 is 1.22 bits per heavy atom. The van der Waals surface area contributed by atoms with Crippen LogP contribution in [-0.2, 0) is 6.54 Å². The molecule has 0 amide bonds. The summed E-state index contributed by atoms with van der Waals surface area (Å²) in [7, 11) is 1.93. The molecular weight excluding hydrogens is 224 g/mol. The molecule has 0 unspecified atom stereocenters. The van der Waals surface area contributed by atoms with Gasteiger partial charge in [-0.15, -0.1) is 0 Å². The van der Waals surface area contributed by atoms with Crippen LogP contribution >= 0.6 is 0 Å². The van der Waals surface area contributed by atoms with Crippen LogP contribution in [0.4, 0.5) is 0 Å². The van der Waals surface area contributed by atoms with Gasteiger partial charge in [0.1, 0.15) is 0 Å². The monoisotopic (exact) mass is 238 g/mol. The van der Waals surface area contributed by atoms with E-state index in [0.717, 1.165) is 23.3 Å². The van der Waals surface area contributed by atoms with Crippen LogP contribution in [0.5, 0.6) is 0 Å². The second kappa shape index (κ2) is 4.58. The molecule has 0 bridgehead atoms. The summed E-state index contributed by atoms with van der Waals surface area (Å²) in [4.78, 5) is 4.39. The molecule has 0 saturated carbocycles. The van der Waals surface area contributed by atoms with Crippen molar-refractivity contribution >= 4 is 10.9 Å². The van der Waals surface area contributed by atoms with Gasteiger partial charge in [-0.2, -0.15) is 5.10 Å². The molecule has 0 aliphatic carbocycles. The van der Waals surface area contributed by atoms with Crippen molar-refractivity contribution in [1.29, 1.82) is 0 Å². The third-order valence-electron chi connectivity index (χ3n) is 2.89. The van der Waals surface area contributed by atoms with Gasteiger partial charge in [-0.05, 0) is 30.8 Å². The molecule has 4 nitrogen and oxygen atoms in total. The first kappa shape index (κ1) is 10.9. The molecule has 0 aliphatic rings. The number of benzene rings is 1. The van der Waals surface area contributed by atoms with Gasteiger partial charge in [0.15, 0.2) is 5.82 Å². The predicted molar refractivity (Wildman–Crippen MR) is 71.6 cm³/mol. The van der Waals surface area contributed by atoms with E-state index in [-0.39, 0.29) is 0 Å². The molecule has 18 heavy (non-hydrogen) atoms. The fourth-order valence-electron chi connectivity index (χ4n) is 2.04. The summed E-state index contributed by atoms with van der Waals surface area (Å²) < 4.78 is 1.87. The minimum Gasteiger partial charge on any atom is -0.316 e. The Hall–Kier alpha value is -2.20. The fourth-order valence-corrected chi connectivity index (χ4v) is 2.04. The number of nitrogens with zero attached hydrogens (tertiary/aromatic N) is 3. The summed E-state index contributed by atoms with van der Waals surface area (Å²) in [5.74, 6) is 0.851. The van der Waals surface area contributed by atoms with Gasteiger partial charge in [0, 0.05) is 18.1 Å². The number of aromatic nitrogens is 3. The quantitative estimate of drug-likeness (QED) is 0.760. The molecule has 0 spiro atoms. The zero-order valence-electron chi connectivity index (χ0n) is 10.2. The zero-order valence-corrected chi connectivity index (χ0v) is 10.2. The molecule has 1 N–H and O–H groups in total. The highest BCUT2D eigenvalue weighted by atomic mass is 15.3. The Balaban J connectivity index is 2.11. The van der Waals surface area contributed by atoms with Crippen LogP contribution in [0.1, 0.15) is 5.56 Å².